The van der Waals surface area contributed by atoms with Gasteiger partial charge in [-0.25, -0.2) is 9.97 Å². The zero-order valence-corrected chi connectivity index (χ0v) is 19.6. The molecule has 1 atom stereocenters. The maximum absolute atomic E-state index is 6.18. The van der Waals surface area contributed by atoms with Crippen LogP contribution in [0.3, 0.4) is 0 Å². The summed E-state index contributed by atoms with van der Waals surface area (Å²) < 4.78 is 11.2. The Morgan fingerprint density at radius 3 is 2.41 bits per heavy atom. The van der Waals surface area contributed by atoms with Crippen molar-refractivity contribution in [3.8, 4) is 17.1 Å². The molecule has 1 saturated carbocycles. The van der Waals surface area contributed by atoms with Gasteiger partial charge in [-0.3, -0.25) is 4.98 Å². The highest BCUT2D eigenvalue weighted by Crippen LogP contribution is 2.42. The van der Waals surface area contributed by atoms with Crippen molar-refractivity contribution in [2.24, 2.45) is 11.7 Å². The Labute approximate surface area is 198 Å². The molecule has 1 aromatic carbocycles. The third-order valence-electron chi connectivity index (χ3n) is 6.79. The van der Waals surface area contributed by atoms with E-state index in [1.807, 2.05) is 24.3 Å². The third-order valence-corrected chi connectivity index (χ3v) is 6.79. The van der Waals surface area contributed by atoms with Crippen molar-refractivity contribution in [1.82, 2.24) is 25.1 Å². The highest BCUT2D eigenvalue weighted by molar-refractivity contribution is 5.56. The van der Waals surface area contributed by atoms with Crippen molar-refractivity contribution in [2.45, 2.75) is 51.2 Å². The summed E-state index contributed by atoms with van der Waals surface area (Å²) in [6, 6.07) is 14.0. The number of rotatable bonds is 8. The summed E-state index contributed by atoms with van der Waals surface area (Å²) in [5, 5.41) is 4.13. The molecule has 8 heteroatoms. The molecule has 1 unspecified atom stereocenters. The average molecular weight is 457 g/mol. The zero-order valence-electron chi connectivity index (χ0n) is 19.6. The van der Waals surface area contributed by atoms with Crippen LogP contribution >= 0.6 is 0 Å². The van der Waals surface area contributed by atoms with E-state index in [0.717, 1.165) is 29.7 Å². The lowest BCUT2D eigenvalue weighted by atomic mass is 9.70. The summed E-state index contributed by atoms with van der Waals surface area (Å²) in [5.74, 6) is 2.69. The van der Waals surface area contributed by atoms with E-state index < -0.39 is 5.54 Å². The summed E-state index contributed by atoms with van der Waals surface area (Å²) in [6.07, 6.45) is 6.93. The van der Waals surface area contributed by atoms with Crippen molar-refractivity contribution < 1.29 is 9.26 Å². The quantitative estimate of drug-likeness (QED) is 0.415. The van der Waals surface area contributed by atoms with E-state index in [1.165, 1.54) is 0 Å². The van der Waals surface area contributed by atoms with E-state index in [9.17, 15) is 0 Å². The summed E-state index contributed by atoms with van der Waals surface area (Å²) >= 11 is 0. The van der Waals surface area contributed by atoms with Crippen LogP contribution in [0.4, 0.5) is 0 Å². The Kier molecular flexibility index (Phi) is 5.61. The fourth-order valence-electron chi connectivity index (χ4n) is 3.96. The number of nitrogens with zero attached hydrogens (tertiary/aromatic N) is 5. The molecule has 34 heavy (non-hydrogen) atoms. The second-order valence-corrected chi connectivity index (χ2v) is 9.35. The minimum atomic E-state index is -0.433. The molecule has 0 radical (unpaired) electrons. The molecule has 0 amide bonds. The Balaban J connectivity index is 1.35. The summed E-state index contributed by atoms with van der Waals surface area (Å²) in [6.45, 7) is 6.92. The fourth-order valence-corrected chi connectivity index (χ4v) is 3.96. The maximum Gasteiger partial charge on any atom is 0.247 e. The molecule has 2 N–H and O–H groups in total. The van der Waals surface area contributed by atoms with Crippen molar-refractivity contribution in [3.63, 3.8) is 0 Å². The second-order valence-electron chi connectivity index (χ2n) is 9.35. The van der Waals surface area contributed by atoms with Gasteiger partial charge >= 0.3 is 0 Å². The minimum Gasteiger partial charge on any atom is -0.484 e. The van der Waals surface area contributed by atoms with Gasteiger partial charge in [0.05, 0.1) is 17.4 Å². The van der Waals surface area contributed by atoms with Gasteiger partial charge in [-0.05, 0) is 49.4 Å². The first kappa shape index (κ1) is 22.2. The van der Waals surface area contributed by atoms with Gasteiger partial charge in [-0.1, -0.05) is 43.3 Å². The van der Waals surface area contributed by atoms with Crippen LogP contribution in [0.1, 0.15) is 56.6 Å². The fraction of sp³-hybridized carbons (Fsp3) is 0.346. The Morgan fingerprint density at radius 2 is 1.79 bits per heavy atom. The molecule has 174 valence electrons. The number of pyridine rings is 1. The van der Waals surface area contributed by atoms with Gasteiger partial charge in [-0.2, -0.15) is 4.98 Å². The van der Waals surface area contributed by atoms with Gasteiger partial charge in [0.25, 0.3) is 0 Å². The number of ether oxygens (including phenoxy) is 1. The van der Waals surface area contributed by atoms with Crippen LogP contribution in [-0.2, 0) is 17.6 Å². The van der Waals surface area contributed by atoms with Gasteiger partial charge in [0.15, 0.2) is 5.82 Å². The summed E-state index contributed by atoms with van der Waals surface area (Å²) in [5.41, 5.74) is 8.48. The lowest BCUT2D eigenvalue weighted by Crippen LogP contribution is -2.31. The van der Waals surface area contributed by atoms with Crippen LogP contribution < -0.4 is 10.5 Å². The molecule has 1 fully saturated rings. The zero-order chi connectivity index (χ0) is 23.8. The van der Waals surface area contributed by atoms with Crippen molar-refractivity contribution in [1.29, 1.82) is 0 Å². The van der Waals surface area contributed by atoms with E-state index in [4.69, 9.17) is 20.0 Å². The first-order chi connectivity index (χ1) is 16.4. The Hall–Kier alpha value is -3.65. The molecule has 0 aliphatic heterocycles. The molecule has 0 spiro atoms. The lowest BCUT2D eigenvalue weighted by Gasteiger charge is -2.34. The molecule has 1 aliphatic carbocycles. The first-order valence-corrected chi connectivity index (χ1v) is 11.5. The number of hydrogen-bond acceptors (Lipinski definition) is 8. The first-order valence-electron chi connectivity index (χ1n) is 11.5. The molecule has 1 aliphatic rings. The SMILES string of the molecule is CC(C)C(C)(c1ccc(-c2noc(C3(N)CC3)n2)cc1)c1ccc(OCc2ncccn2)cn1. The Bertz CT molecular complexity index is 1250. The normalized spacial score (nSPS) is 16.3. The molecule has 3 heterocycles. The molecule has 4 aromatic rings. The van der Waals surface area contributed by atoms with Gasteiger partial charge in [0.2, 0.25) is 11.7 Å². The van der Waals surface area contributed by atoms with E-state index >= 15 is 0 Å². The van der Waals surface area contributed by atoms with Gasteiger partial charge in [0, 0.05) is 23.4 Å². The van der Waals surface area contributed by atoms with Crippen LogP contribution in [0.2, 0.25) is 0 Å². The highest BCUT2D eigenvalue weighted by atomic mass is 16.5. The second kappa shape index (κ2) is 8.61. The standard InChI is InChI=1S/C26H28N6O2/c1-17(2)25(3,21-10-9-20(15-30-21)33-16-22-28-13-4-14-29-22)19-7-5-18(6-8-19)23-31-24(34-32-23)26(27)11-12-26/h4-10,13-15,17H,11-12,16,27H2,1-3H3. The van der Waals surface area contributed by atoms with Crippen LogP contribution in [0.25, 0.3) is 11.4 Å². The predicted molar refractivity (Wildman–Crippen MR) is 127 cm³/mol. The Morgan fingerprint density at radius 1 is 1.06 bits per heavy atom. The maximum atomic E-state index is 6.18. The van der Waals surface area contributed by atoms with Crippen molar-refractivity contribution in [3.05, 3.63) is 84.0 Å². The average Bonchev–Trinajstić information content (AvgIpc) is 3.41. The number of hydrogen-bond donors (Lipinski definition) is 1. The van der Waals surface area contributed by atoms with E-state index in [1.54, 1.807) is 24.7 Å². The number of benzene rings is 1. The number of nitrogens with two attached hydrogens (primary N) is 1. The highest BCUT2D eigenvalue weighted by Gasteiger charge is 2.45. The summed E-state index contributed by atoms with van der Waals surface area (Å²) in [4.78, 5) is 17.6. The molecule has 3 aromatic heterocycles. The minimum absolute atomic E-state index is 0.294. The van der Waals surface area contributed by atoms with Crippen LogP contribution in [0.5, 0.6) is 5.75 Å². The lowest BCUT2D eigenvalue weighted by molar-refractivity contribution is 0.293. The topological polar surface area (TPSA) is 113 Å². The van der Waals surface area contributed by atoms with Crippen LogP contribution in [-0.4, -0.2) is 25.1 Å². The van der Waals surface area contributed by atoms with Gasteiger partial charge in [-0.15, -0.1) is 0 Å². The molecule has 8 nitrogen and oxygen atoms in total. The summed E-state index contributed by atoms with van der Waals surface area (Å²) in [7, 11) is 0. The van der Waals surface area contributed by atoms with Gasteiger partial charge in [0.1, 0.15) is 12.4 Å². The molecule has 0 bridgehead atoms. The van der Waals surface area contributed by atoms with Crippen molar-refractivity contribution >= 4 is 0 Å². The van der Waals surface area contributed by atoms with Crippen LogP contribution in [0, 0.1) is 5.92 Å². The monoisotopic (exact) mass is 456 g/mol. The predicted octanol–water partition coefficient (Wildman–Crippen LogP) is 4.41. The third kappa shape index (κ3) is 4.17. The van der Waals surface area contributed by atoms with E-state index in [2.05, 4.69) is 53.0 Å². The number of aromatic nitrogens is 5. The van der Waals surface area contributed by atoms with E-state index in [0.29, 0.717) is 35.8 Å². The van der Waals surface area contributed by atoms with Crippen molar-refractivity contribution in [2.75, 3.05) is 0 Å². The van der Waals surface area contributed by atoms with Crippen LogP contribution in [0.15, 0.2) is 65.6 Å². The molecule has 0 saturated heterocycles. The largest absolute Gasteiger partial charge is 0.484 e. The smallest absolute Gasteiger partial charge is 0.247 e. The van der Waals surface area contributed by atoms with Gasteiger partial charge < -0.3 is 15.0 Å². The molecule has 5 rings (SSSR count). The molecular formula is C26H28N6O2. The molecular weight excluding hydrogens is 428 g/mol. The van der Waals surface area contributed by atoms with E-state index in [-0.39, 0.29) is 5.41 Å².